The molecule has 0 aliphatic carbocycles. The van der Waals surface area contributed by atoms with Gasteiger partial charge in [-0.25, -0.2) is 0 Å². The zero-order valence-corrected chi connectivity index (χ0v) is 10.8. The fourth-order valence-electron chi connectivity index (χ4n) is 2.71. The van der Waals surface area contributed by atoms with Gasteiger partial charge in [-0.1, -0.05) is 60.7 Å². The molecular weight excluding hydrogens is 216 g/mol. The van der Waals surface area contributed by atoms with Crippen molar-refractivity contribution in [3.8, 4) is 0 Å². The summed E-state index contributed by atoms with van der Waals surface area (Å²) in [5, 5.41) is 6.58. The van der Waals surface area contributed by atoms with Gasteiger partial charge in [0, 0.05) is 0 Å². The fourth-order valence-corrected chi connectivity index (χ4v) is 2.71. The van der Waals surface area contributed by atoms with Crippen LogP contribution in [-0.2, 0) is 0 Å². The predicted molar refractivity (Wildman–Crippen MR) is 81.5 cm³/mol. The van der Waals surface area contributed by atoms with Crippen LogP contribution in [0.15, 0.2) is 49.0 Å². The molecule has 3 aromatic carbocycles. The van der Waals surface area contributed by atoms with E-state index in [2.05, 4.69) is 69.0 Å². The van der Waals surface area contributed by atoms with Gasteiger partial charge >= 0.3 is 0 Å². The van der Waals surface area contributed by atoms with Gasteiger partial charge in [0.05, 0.1) is 0 Å². The molecule has 0 radical (unpaired) electrons. The minimum atomic E-state index is 1.12. The third kappa shape index (κ3) is 1.46. The Kier molecular flexibility index (Phi) is 2.45. The second kappa shape index (κ2) is 3.99. The lowest BCUT2D eigenvalue weighted by Gasteiger charge is -2.11. The Morgan fingerprint density at radius 3 is 2.22 bits per heavy atom. The van der Waals surface area contributed by atoms with Crippen LogP contribution in [0.25, 0.3) is 33.2 Å². The van der Waals surface area contributed by atoms with Gasteiger partial charge in [0.15, 0.2) is 0 Å². The molecule has 0 bridgehead atoms. The van der Waals surface area contributed by atoms with Gasteiger partial charge in [-0.15, -0.1) is 0 Å². The Labute approximate surface area is 107 Å². The van der Waals surface area contributed by atoms with E-state index in [4.69, 9.17) is 0 Å². The molecule has 0 aliphatic heterocycles. The third-order valence-corrected chi connectivity index (χ3v) is 3.58. The predicted octanol–water partition coefficient (Wildman–Crippen LogP) is 4.55. The molecule has 0 fully saturated rings. The summed E-state index contributed by atoms with van der Waals surface area (Å²) in [4.78, 5) is 0. The zero-order valence-electron chi connectivity index (χ0n) is 10.8. The highest BCUT2D eigenvalue weighted by Gasteiger charge is 2.07. The second-order valence-electron chi connectivity index (χ2n) is 4.79. The van der Waals surface area contributed by atoms with Gasteiger partial charge < -0.3 is 0 Å². The summed E-state index contributed by atoms with van der Waals surface area (Å²) in [5.74, 6) is 0. The van der Waals surface area contributed by atoms with E-state index in [1.807, 2.05) is 0 Å². The molecule has 0 amide bonds. The molecule has 0 nitrogen and oxygen atoms in total. The molecule has 0 atom stereocenters. The summed E-state index contributed by atoms with van der Waals surface area (Å²) in [6, 6.07) is 15.3. The van der Waals surface area contributed by atoms with Gasteiger partial charge in [0.25, 0.3) is 0 Å². The van der Waals surface area contributed by atoms with E-state index in [1.165, 1.54) is 32.3 Å². The number of benzene rings is 3. The summed E-state index contributed by atoms with van der Waals surface area (Å²) in [6.45, 7) is 8.28. The Balaban J connectivity index is 2.70. The quantitative estimate of drug-likeness (QED) is 0.577. The van der Waals surface area contributed by atoms with Crippen LogP contribution in [-0.4, -0.2) is 0 Å². The molecule has 3 aromatic rings. The molecule has 18 heavy (non-hydrogen) atoms. The van der Waals surface area contributed by atoms with Gasteiger partial charge in [-0.05, 0) is 46.2 Å². The SMILES string of the molecule is C=C(C)c1ccc2cccc3ccc(=CC)c1c23. The number of hydrogen-bond acceptors (Lipinski definition) is 0. The number of allylic oxidation sites excluding steroid dienone is 1. The van der Waals surface area contributed by atoms with E-state index in [0.717, 1.165) is 5.57 Å². The van der Waals surface area contributed by atoms with Crippen molar-refractivity contribution in [3.63, 3.8) is 0 Å². The first-order valence-electron chi connectivity index (χ1n) is 6.28. The Morgan fingerprint density at radius 1 is 0.944 bits per heavy atom. The minimum absolute atomic E-state index is 1.12. The van der Waals surface area contributed by atoms with E-state index < -0.39 is 0 Å². The normalized spacial score (nSPS) is 12.4. The molecule has 88 valence electrons. The van der Waals surface area contributed by atoms with Crippen LogP contribution < -0.4 is 5.22 Å². The standard InChI is InChI=1S/C18H16/c1-4-13-8-9-14-6-5-7-15-10-11-16(12(2)3)18(13)17(14)15/h4-11H,2H2,1,3H3. The van der Waals surface area contributed by atoms with E-state index in [9.17, 15) is 0 Å². The maximum absolute atomic E-state index is 4.11. The van der Waals surface area contributed by atoms with Crippen LogP contribution in [0.3, 0.4) is 0 Å². The zero-order chi connectivity index (χ0) is 12.7. The first-order chi connectivity index (χ1) is 8.72. The van der Waals surface area contributed by atoms with E-state index in [-0.39, 0.29) is 0 Å². The first-order valence-corrected chi connectivity index (χ1v) is 6.28. The van der Waals surface area contributed by atoms with Crippen molar-refractivity contribution in [2.45, 2.75) is 13.8 Å². The third-order valence-electron chi connectivity index (χ3n) is 3.58. The maximum atomic E-state index is 4.11. The molecule has 0 saturated heterocycles. The smallest absolute Gasteiger partial charge is 0.00268 e. The van der Waals surface area contributed by atoms with Crippen molar-refractivity contribution in [2.75, 3.05) is 0 Å². The summed E-state index contributed by atoms with van der Waals surface area (Å²) in [6.07, 6.45) is 2.17. The summed E-state index contributed by atoms with van der Waals surface area (Å²) in [7, 11) is 0. The topological polar surface area (TPSA) is 0 Å². The van der Waals surface area contributed by atoms with Crippen LogP contribution >= 0.6 is 0 Å². The van der Waals surface area contributed by atoms with E-state index in [0.29, 0.717) is 0 Å². The van der Waals surface area contributed by atoms with Gasteiger partial charge in [-0.2, -0.15) is 0 Å². The highest BCUT2D eigenvalue weighted by atomic mass is 14.1. The molecule has 0 heterocycles. The van der Waals surface area contributed by atoms with E-state index >= 15 is 0 Å². The van der Waals surface area contributed by atoms with Crippen LogP contribution in [0.2, 0.25) is 0 Å². The number of rotatable bonds is 1. The van der Waals surface area contributed by atoms with Crippen molar-refractivity contribution < 1.29 is 0 Å². The minimum Gasteiger partial charge on any atom is -0.0955 e. The summed E-state index contributed by atoms with van der Waals surface area (Å²) < 4.78 is 0. The van der Waals surface area contributed by atoms with Crippen molar-refractivity contribution in [1.82, 2.24) is 0 Å². The molecule has 0 N–H and O–H groups in total. The molecule has 0 aromatic heterocycles. The molecule has 0 heteroatoms. The van der Waals surface area contributed by atoms with Gasteiger partial charge in [-0.3, -0.25) is 0 Å². The molecule has 0 unspecified atom stereocenters. The number of hydrogen-bond donors (Lipinski definition) is 0. The highest BCUT2D eigenvalue weighted by molar-refractivity contribution is 6.13. The average molecular weight is 232 g/mol. The Hall–Kier alpha value is -2.08. The lowest BCUT2D eigenvalue weighted by Crippen LogP contribution is -2.04. The lowest BCUT2D eigenvalue weighted by atomic mass is 9.93. The van der Waals surface area contributed by atoms with Crippen molar-refractivity contribution in [1.29, 1.82) is 0 Å². The van der Waals surface area contributed by atoms with Gasteiger partial charge in [0.1, 0.15) is 0 Å². The average Bonchev–Trinajstić information content (AvgIpc) is 2.39. The fraction of sp³-hybridized carbons (Fsp3) is 0.111. The van der Waals surface area contributed by atoms with E-state index in [1.54, 1.807) is 0 Å². The lowest BCUT2D eigenvalue weighted by molar-refractivity contribution is 1.61. The maximum Gasteiger partial charge on any atom is -0.00268 e. The van der Waals surface area contributed by atoms with Crippen LogP contribution in [0.1, 0.15) is 19.4 Å². The molecule has 3 rings (SSSR count). The van der Waals surface area contributed by atoms with Gasteiger partial charge in [0.2, 0.25) is 0 Å². The van der Waals surface area contributed by atoms with Crippen molar-refractivity contribution >= 4 is 33.2 Å². The first kappa shape index (κ1) is 11.0. The van der Waals surface area contributed by atoms with Crippen LogP contribution in [0.4, 0.5) is 0 Å². The van der Waals surface area contributed by atoms with Crippen LogP contribution in [0, 0.1) is 0 Å². The van der Waals surface area contributed by atoms with Crippen LogP contribution in [0.5, 0.6) is 0 Å². The summed E-state index contributed by atoms with van der Waals surface area (Å²) in [5.41, 5.74) is 2.38. The second-order valence-corrected chi connectivity index (χ2v) is 4.79. The molecule has 0 spiro atoms. The Morgan fingerprint density at radius 2 is 1.61 bits per heavy atom. The molecular formula is C18H16. The molecule has 0 saturated carbocycles. The summed E-state index contributed by atoms with van der Waals surface area (Å²) >= 11 is 0. The van der Waals surface area contributed by atoms with Crippen molar-refractivity contribution in [3.05, 3.63) is 59.8 Å². The Bertz CT molecular complexity index is 791. The largest absolute Gasteiger partial charge is 0.0955 e. The monoisotopic (exact) mass is 232 g/mol. The van der Waals surface area contributed by atoms with Crippen molar-refractivity contribution in [2.24, 2.45) is 0 Å². The molecule has 0 aliphatic rings. The highest BCUT2D eigenvalue weighted by Crippen LogP contribution is 2.29.